The largest absolute Gasteiger partial charge is 0.493 e. The molecule has 0 aliphatic heterocycles. The van der Waals surface area contributed by atoms with Gasteiger partial charge in [-0.2, -0.15) is 5.10 Å². The summed E-state index contributed by atoms with van der Waals surface area (Å²) in [6, 6.07) is 16.1. The van der Waals surface area contributed by atoms with E-state index in [4.69, 9.17) is 30.5 Å². The van der Waals surface area contributed by atoms with Crippen LogP contribution in [0.5, 0.6) is 23.0 Å². The zero-order valence-electron chi connectivity index (χ0n) is 18.8. The van der Waals surface area contributed by atoms with Gasteiger partial charge >= 0.3 is 5.97 Å². The highest BCUT2D eigenvalue weighted by molar-refractivity contribution is 6.30. The number of amides is 1. The first-order valence-electron chi connectivity index (χ1n) is 10.2. The summed E-state index contributed by atoms with van der Waals surface area (Å²) in [5.41, 5.74) is 3.80. The number of halogens is 1. The van der Waals surface area contributed by atoms with Crippen molar-refractivity contribution in [3.05, 3.63) is 82.4 Å². The van der Waals surface area contributed by atoms with E-state index in [0.717, 1.165) is 0 Å². The van der Waals surface area contributed by atoms with Crippen LogP contribution in [0.3, 0.4) is 0 Å². The van der Waals surface area contributed by atoms with Crippen LogP contribution in [0.4, 0.5) is 0 Å². The third kappa shape index (κ3) is 6.26. The maximum atomic E-state index is 12.4. The minimum absolute atomic E-state index is 0.258. The van der Waals surface area contributed by atoms with Crippen molar-refractivity contribution in [1.29, 1.82) is 0 Å². The molecule has 8 nitrogen and oxygen atoms in total. The van der Waals surface area contributed by atoms with Crippen molar-refractivity contribution in [3.8, 4) is 23.0 Å². The fraction of sp³-hybridized carbons (Fsp3) is 0.160. The molecule has 1 N–H and O–H groups in total. The second kappa shape index (κ2) is 11.7. The van der Waals surface area contributed by atoms with Gasteiger partial charge in [-0.15, -0.1) is 0 Å². The second-order valence-electron chi connectivity index (χ2n) is 6.80. The standard InChI is InChI=1S/C25H23ClN2O6/c1-4-33-23-13-16(5-11-21(23)34-25(30)17-6-9-19(26)10-7-17)15-27-28-24(29)18-8-12-20(31-2)22(14-18)32-3/h5-15H,4H2,1-3H3,(H,28,29)/b27-15+. The van der Waals surface area contributed by atoms with Crippen LogP contribution in [-0.4, -0.2) is 38.9 Å². The Morgan fingerprint density at radius 2 is 1.56 bits per heavy atom. The van der Waals surface area contributed by atoms with E-state index in [2.05, 4.69) is 10.5 Å². The summed E-state index contributed by atoms with van der Waals surface area (Å²) in [5.74, 6) is 0.609. The lowest BCUT2D eigenvalue weighted by molar-refractivity contribution is 0.0728. The number of nitrogens with one attached hydrogen (secondary N) is 1. The second-order valence-corrected chi connectivity index (χ2v) is 7.24. The molecule has 0 aromatic heterocycles. The molecule has 3 aromatic carbocycles. The third-order valence-electron chi connectivity index (χ3n) is 4.58. The average molecular weight is 483 g/mol. The molecule has 0 spiro atoms. The summed E-state index contributed by atoms with van der Waals surface area (Å²) in [7, 11) is 3.01. The molecular formula is C25H23ClN2O6. The van der Waals surface area contributed by atoms with Crippen molar-refractivity contribution in [2.45, 2.75) is 6.92 Å². The van der Waals surface area contributed by atoms with Gasteiger partial charge in [-0.05, 0) is 73.2 Å². The van der Waals surface area contributed by atoms with Crippen molar-refractivity contribution >= 4 is 29.7 Å². The minimum Gasteiger partial charge on any atom is -0.493 e. The summed E-state index contributed by atoms with van der Waals surface area (Å²) in [5, 5.41) is 4.51. The summed E-state index contributed by atoms with van der Waals surface area (Å²) in [4.78, 5) is 24.8. The maximum absolute atomic E-state index is 12.4. The Morgan fingerprint density at radius 1 is 0.882 bits per heavy atom. The van der Waals surface area contributed by atoms with Gasteiger partial charge in [0.1, 0.15) is 0 Å². The third-order valence-corrected chi connectivity index (χ3v) is 4.83. The summed E-state index contributed by atoms with van der Waals surface area (Å²) < 4.78 is 21.5. The van der Waals surface area contributed by atoms with Gasteiger partial charge in [0.2, 0.25) is 0 Å². The van der Waals surface area contributed by atoms with Crippen LogP contribution in [-0.2, 0) is 0 Å². The van der Waals surface area contributed by atoms with E-state index in [-0.39, 0.29) is 5.75 Å². The van der Waals surface area contributed by atoms with Crippen LogP contribution >= 0.6 is 11.6 Å². The van der Waals surface area contributed by atoms with E-state index in [1.165, 1.54) is 20.4 Å². The summed E-state index contributed by atoms with van der Waals surface area (Å²) in [6.45, 7) is 2.18. The predicted octanol–water partition coefficient (Wildman–Crippen LogP) is 4.74. The molecule has 9 heteroatoms. The minimum atomic E-state index is -0.541. The van der Waals surface area contributed by atoms with Crippen molar-refractivity contribution in [2.75, 3.05) is 20.8 Å². The highest BCUT2D eigenvalue weighted by atomic mass is 35.5. The number of hydrazone groups is 1. The van der Waals surface area contributed by atoms with Gasteiger partial charge in [0.25, 0.3) is 5.91 Å². The quantitative estimate of drug-likeness (QED) is 0.205. The van der Waals surface area contributed by atoms with Crippen LogP contribution in [0.25, 0.3) is 0 Å². The van der Waals surface area contributed by atoms with Gasteiger partial charge in [-0.1, -0.05) is 11.6 Å². The Labute approximate surface area is 202 Å². The molecular weight excluding hydrogens is 460 g/mol. The molecule has 0 fully saturated rings. The molecule has 0 unspecified atom stereocenters. The molecule has 0 atom stereocenters. The van der Waals surface area contributed by atoms with Crippen molar-refractivity contribution in [2.24, 2.45) is 5.10 Å². The van der Waals surface area contributed by atoms with Gasteiger partial charge < -0.3 is 18.9 Å². The molecule has 0 heterocycles. The number of rotatable bonds is 9. The monoisotopic (exact) mass is 482 g/mol. The number of carbonyl (C=O) groups excluding carboxylic acids is 2. The lowest BCUT2D eigenvalue weighted by Crippen LogP contribution is -2.17. The van der Waals surface area contributed by atoms with Gasteiger partial charge in [-0.25, -0.2) is 10.2 Å². The number of nitrogens with zero attached hydrogens (tertiary/aromatic N) is 1. The fourth-order valence-corrected chi connectivity index (χ4v) is 3.04. The van der Waals surface area contributed by atoms with E-state index in [1.54, 1.807) is 60.7 Å². The van der Waals surface area contributed by atoms with Crippen LogP contribution < -0.4 is 24.4 Å². The number of hydrogen-bond acceptors (Lipinski definition) is 7. The number of hydrogen-bond donors (Lipinski definition) is 1. The Balaban J connectivity index is 1.70. The summed E-state index contributed by atoms with van der Waals surface area (Å²) in [6.07, 6.45) is 1.45. The van der Waals surface area contributed by atoms with Crippen molar-refractivity contribution < 1.29 is 28.5 Å². The topological polar surface area (TPSA) is 95.5 Å². The Hall–Kier alpha value is -4.04. The van der Waals surface area contributed by atoms with Gasteiger partial charge in [0, 0.05) is 10.6 Å². The van der Waals surface area contributed by atoms with Gasteiger partial charge in [-0.3, -0.25) is 4.79 Å². The highest BCUT2D eigenvalue weighted by Gasteiger charge is 2.14. The van der Waals surface area contributed by atoms with E-state index in [0.29, 0.717) is 45.6 Å². The zero-order valence-corrected chi connectivity index (χ0v) is 19.6. The Morgan fingerprint density at radius 3 is 2.24 bits per heavy atom. The van der Waals surface area contributed by atoms with Crippen LogP contribution in [0, 0.1) is 0 Å². The average Bonchev–Trinajstić information content (AvgIpc) is 2.85. The lowest BCUT2D eigenvalue weighted by atomic mass is 10.2. The lowest BCUT2D eigenvalue weighted by Gasteiger charge is -2.11. The zero-order chi connectivity index (χ0) is 24.5. The van der Waals surface area contributed by atoms with Crippen LogP contribution in [0.2, 0.25) is 5.02 Å². The molecule has 34 heavy (non-hydrogen) atoms. The number of carbonyl (C=O) groups is 2. The van der Waals surface area contributed by atoms with E-state index in [1.807, 2.05) is 6.92 Å². The first-order valence-corrected chi connectivity index (χ1v) is 10.6. The van der Waals surface area contributed by atoms with Crippen molar-refractivity contribution in [3.63, 3.8) is 0 Å². The SMILES string of the molecule is CCOc1cc(/C=N/NC(=O)c2ccc(OC)c(OC)c2)ccc1OC(=O)c1ccc(Cl)cc1. The Bertz CT molecular complexity index is 1190. The molecule has 3 rings (SSSR count). The van der Waals surface area contributed by atoms with Crippen LogP contribution in [0.15, 0.2) is 65.8 Å². The number of methoxy groups -OCH3 is 2. The first-order chi connectivity index (χ1) is 16.4. The molecule has 0 bridgehead atoms. The molecule has 1 amide bonds. The fourth-order valence-electron chi connectivity index (χ4n) is 2.91. The smallest absolute Gasteiger partial charge is 0.343 e. The van der Waals surface area contributed by atoms with Crippen molar-refractivity contribution in [1.82, 2.24) is 5.43 Å². The highest BCUT2D eigenvalue weighted by Crippen LogP contribution is 2.29. The maximum Gasteiger partial charge on any atom is 0.343 e. The van der Waals surface area contributed by atoms with E-state index in [9.17, 15) is 9.59 Å². The van der Waals surface area contributed by atoms with Crippen LogP contribution in [0.1, 0.15) is 33.2 Å². The number of benzene rings is 3. The molecule has 0 aliphatic rings. The number of ether oxygens (including phenoxy) is 4. The van der Waals surface area contributed by atoms with E-state index >= 15 is 0 Å². The summed E-state index contributed by atoms with van der Waals surface area (Å²) >= 11 is 5.86. The normalized spacial score (nSPS) is 10.6. The van der Waals surface area contributed by atoms with E-state index < -0.39 is 11.9 Å². The Kier molecular flexibility index (Phi) is 8.48. The van der Waals surface area contributed by atoms with Gasteiger partial charge in [0.15, 0.2) is 23.0 Å². The number of esters is 1. The molecule has 0 aliphatic carbocycles. The molecule has 0 radical (unpaired) electrons. The predicted molar refractivity (Wildman–Crippen MR) is 129 cm³/mol. The molecule has 0 saturated carbocycles. The van der Waals surface area contributed by atoms with Gasteiger partial charge in [0.05, 0.1) is 32.6 Å². The molecule has 0 saturated heterocycles. The molecule has 3 aromatic rings. The first kappa shape index (κ1) is 24.6. The molecule has 176 valence electrons.